The summed E-state index contributed by atoms with van der Waals surface area (Å²) in [4.78, 5) is 27.9. The third kappa shape index (κ3) is 3.90. The Hall–Kier alpha value is -3.27. The molecule has 1 saturated heterocycles. The van der Waals surface area contributed by atoms with Crippen molar-refractivity contribution in [3.05, 3.63) is 54.1 Å². The number of aryl methyl sites for hydroxylation is 1. The minimum Gasteiger partial charge on any atom is -0.326 e. The summed E-state index contributed by atoms with van der Waals surface area (Å²) in [5.41, 5.74) is 1.31. The van der Waals surface area contributed by atoms with Gasteiger partial charge in [0.05, 0.1) is 5.92 Å². The first-order valence-corrected chi connectivity index (χ1v) is 10.5. The summed E-state index contributed by atoms with van der Waals surface area (Å²) in [6.07, 6.45) is 2.11. The second-order valence-corrected chi connectivity index (χ2v) is 7.78. The first-order chi connectivity index (χ1) is 14.5. The molecule has 1 fully saturated rings. The fourth-order valence-corrected chi connectivity index (χ4v) is 3.75. The predicted molar refractivity (Wildman–Crippen MR) is 111 cm³/mol. The van der Waals surface area contributed by atoms with E-state index in [1.165, 1.54) is 22.9 Å². The highest BCUT2D eigenvalue weighted by atomic mass is 32.2. The van der Waals surface area contributed by atoms with Gasteiger partial charge in [-0.3, -0.25) is 9.59 Å². The number of benzene rings is 2. The van der Waals surface area contributed by atoms with Crippen LogP contribution < -0.4 is 10.2 Å². The van der Waals surface area contributed by atoms with Crippen molar-refractivity contribution in [2.45, 2.75) is 18.2 Å². The second-order valence-electron chi connectivity index (χ2n) is 6.90. The van der Waals surface area contributed by atoms with Crippen LogP contribution in [0.5, 0.6) is 0 Å². The van der Waals surface area contributed by atoms with Crippen molar-refractivity contribution in [1.82, 2.24) is 20.2 Å². The van der Waals surface area contributed by atoms with Crippen LogP contribution in [0.2, 0.25) is 0 Å². The van der Waals surface area contributed by atoms with E-state index in [9.17, 15) is 14.0 Å². The Labute approximate surface area is 176 Å². The second kappa shape index (κ2) is 8.23. The lowest BCUT2D eigenvalue weighted by molar-refractivity contribution is -0.122. The third-order valence-corrected chi connectivity index (χ3v) is 5.69. The van der Waals surface area contributed by atoms with Crippen molar-refractivity contribution in [3.8, 4) is 5.69 Å². The first-order valence-electron chi connectivity index (χ1n) is 9.26. The van der Waals surface area contributed by atoms with Gasteiger partial charge in [0, 0.05) is 29.2 Å². The van der Waals surface area contributed by atoms with Gasteiger partial charge in [0.2, 0.25) is 11.8 Å². The Morgan fingerprint density at radius 3 is 2.67 bits per heavy atom. The van der Waals surface area contributed by atoms with E-state index in [1.807, 2.05) is 30.5 Å². The van der Waals surface area contributed by atoms with Crippen molar-refractivity contribution < 1.29 is 14.0 Å². The lowest BCUT2D eigenvalue weighted by atomic mass is 10.1. The van der Waals surface area contributed by atoms with E-state index in [0.29, 0.717) is 18.1 Å². The molecule has 4 rings (SSSR count). The summed E-state index contributed by atoms with van der Waals surface area (Å²) in [7, 11) is 0. The normalized spacial score (nSPS) is 16.2. The molecule has 0 saturated carbocycles. The number of rotatable bonds is 5. The topological polar surface area (TPSA) is 93.0 Å². The average Bonchev–Trinajstić information content (AvgIpc) is 3.35. The van der Waals surface area contributed by atoms with Crippen molar-refractivity contribution in [3.63, 3.8) is 0 Å². The molecule has 1 aliphatic rings. The molecule has 30 heavy (non-hydrogen) atoms. The van der Waals surface area contributed by atoms with Crippen LogP contribution in [0, 0.1) is 18.7 Å². The largest absolute Gasteiger partial charge is 0.326 e. The molecule has 1 N–H and O–H groups in total. The molecular weight excluding hydrogens is 407 g/mol. The lowest BCUT2D eigenvalue weighted by Gasteiger charge is -2.17. The molecule has 1 aromatic heterocycles. The monoisotopic (exact) mass is 426 g/mol. The zero-order valence-electron chi connectivity index (χ0n) is 16.4. The minimum absolute atomic E-state index is 0.101. The number of carbonyl (C=O) groups is 2. The molecule has 3 aromatic rings. The summed E-state index contributed by atoms with van der Waals surface area (Å²) in [5.74, 6) is -0.990. The molecule has 1 aliphatic heterocycles. The number of hydrogen-bond acceptors (Lipinski definition) is 6. The van der Waals surface area contributed by atoms with E-state index in [-0.39, 0.29) is 23.9 Å². The van der Waals surface area contributed by atoms with E-state index in [2.05, 4.69) is 20.8 Å². The van der Waals surface area contributed by atoms with Crippen LogP contribution in [0.25, 0.3) is 5.69 Å². The van der Waals surface area contributed by atoms with Gasteiger partial charge in [-0.25, -0.2) is 4.39 Å². The highest BCUT2D eigenvalue weighted by molar-refractivity contribution is 7.98. The molecule has 2 amide bonds. The number of tetrazole rings is 1. The van der Waals surface area contributed by atoms with E-state index < -0.39 is 11.7 Å². The number of nitrogens with one attached hydrogen (secondary N) is 1. The maximum absolute atomic E-state index is 14.2. The van der Waals surface area contributed by atoms with Gasteiger partial charge in [0.15, 0.2) is 5.82 Å². The van der Waals surface area contributed by atoms with Gasteiger partial charge in [0.1, 0.15) is 11.5 Å². The first kappa shape index (κ1) is 20.0. The molecule has 1 unspecified atom stereocenters. The van der Waals surface area contributed by atoms with Crippen LogP contribution in [0.4, 0.5) is 15.8 Å². The predicted octanol–water partition coefficient (Wildman–Crippen LogP) is 2.82. The van der Waals surface area contributed by atoms with Crippen LogP contribution in [-0.4, -0.2) is 44.8 Å². The molecule has 1 atom stereocenters. The molecule has 154 valence electrons. The number of hydrogen-bond donors (Lipinski definition) is 1. The summed E-state index contributed by atoms with van der Waals surface area (Å²) < 4.78 is 15.5. The molecule has 10 heteroatoms. The highest BCUT2D eigenvalue weighted by Gasteiger charge is 2.35. The molecule has 0 bridgehead atoms. The zero-order chi connectivity index (χ0) is 21.3. The van der Waals surface area contributed by atoms with E-state index in [0.717, 1.165) is 10.6 Å². The Balaban J connectivity index is 1.48. The Morgan fingerprint density at radius 2 is 2.00 bits per heavy atom. The van der Waals surface area contributed by atoms with Gasteiger partial charge in [-0.2, -0.15) is 4.68 Å². The molecule has 2 heterocycles. The maximum Gasteiger partial charge on any atom is 0.229 e. The van der Waals surface area contributed by atoms with Crippen LogP contribution >= 0.6 is 11.8 Å². The van der Waals surface area contributed by atoms with Crippen molar-refractivity contribution in [2.24, 2.45) is 5.92 Å². The molecule has 2 aromatic carbocycles. The molecule has 0 spiro atoms. The Bertz CT molecular complexity index is 1100. The number of amides is 2. The van der Waals surface area contributed by atoms with Crippen molar-refractivity contribution in [2.75, 3.05) is 23.0 Å². The Morgan fingerprint density at radius 1 is 1.23 bits per heavy atom. The average molecular weight is 426 g/mol. The van der Waals surface area contributed by atoms with E-state index >= 15 is 0 Å². The van der Waals surface area contributed by atoms with Crippen molar-refractivity contribution >= 4 is 35.0 Å². The fraction of sp³-hybridized carbons (Fsp3) is 0.250. The molecule has 0 aliphatic carbocycles. The van der Waals surface area contributed by atoms with Crippen LogP contribution in [-0.2, 0) is 9.59 Å². The van der Waals surface area contributed by atoms with Gasteiger partial charge >= 0.3 is 0 Å². The van der Waals surface area contributed by atoms with Crippen molar-refractivity contribution in [1.29, 1.82) is 0 Å². The highest BCUT2D eigenvalue weighted by Crippen LogP contribution is 2.28. The Kier molecular flexibility index (Phi) is 5.49. The molecule has 0 radical (unpaired) electrons. The fourth-order valence-electron chi connectivity index (χ4n) is 3.35. The number of aromatic nitrogens is 4. The van der Waals surface area contributed by atoms with E-state index in [1.54, 1.807) is 23.6 Å². The van der Waals surface area contributed by atoms with Gasteiger partial charge < -0.3 is 10.2 Å². The van der Waals surface area contributed by atoms with Crippen LogP contribution in [0.3, 0.4) is 0 Å². The summed E-state index contributed by atoms with van der Waals surface area (Å²) in [6.45, 7) is 1.94. The quantitative estimate of drug-likeness (QED) is 0.631. The van der Waals surface area contributed by atoms with E-state index in [4.69, 9.17) is 0 Å². The number of halogens is 1. The number of anilines is 2. The standard InChI is InChI=1S/C20H19FN6O2S/c1-12-23-24-25-27(12)18-10-14(3-8-17(18)21)22-20(29)13-9-19(28)26(11-13)15-4-6-16(30-2)7-5-15/h3-8,10,13H,9,11H2,1-2H3,(H,22,29). The summed E-state index contributed by atoms with van der Waals surface area (Å²) >= 11 is 1.62. The zero-order valence-corrected chi connectivity index (χ0v) is 17.2. The number of carbonyl (C=O) groups excluding carboxylic acids is 2. The van der Waals surface area contributed by atoms with Gasteiger partial charge in [-0.1, -0.05) is 0 Å². The lowest BCUT2D eigenvalue weighted by Crippen LogP contribution is -2.28. The smallest absolute Gasteiger partial charge is 0.229 e. The number of thioether (sulfide) groups is 1. The maximum atomic E-state index is 14.2. The van der Waals surface area contributed by atoms with Crippen LogP contribution in [0.1, 0.15) is 12.2 Å². The SMILES string of the molecule is CSc1ccc(N2CC(C(=O)Nc3ccc(F)c(-n4nnnc4C)c3)CC2=O)cc1. The van der Waals surface area contributed by atoms with Gasteiger partial charge in [-0.05, 0) is 66.1 Å². The van der Waals surface area contributed by atoms with Crippen LogP contribution in [0.15, 0.2) is 47.4 Å². The molecular formula is C20H19FN6O2S. The summed E-state index contributed by atoms with van der Waals surface area (Å²) in [5, 5.41) is 13.8. The van der Waals surface area contributed by atoms with Gasteiger partial charge in [0.25, 0.3) is 0 Å². The molecule has 8 nitrogen and oxygen atoms in total. The van der Waals surface area contributed by atoms with Gasteiger partial charge in [-0.15, -0.1) is 16.9 Å². The minimum atomic E-state index is -0.515. The third-order valence-electron chi connectivity index (χ3n) is 4.95. The number of nitrogens with zero attached hydrogens (tertiary/aromatic N) is 5. The summed E-state index contributed by atoms with van der Waals surface area (Å²) in [6, 6.07) is 11.8.